The highest BCUT2D eigenvalue weighted by Crippen LogP contribution is 2.33. The van der Waals surface area contributed by atoms with Crippen LogP contribution in [0.3, 0.4) is 0 Å². The Hall–Kier alpha value is -1.49. The average Bonchev–Trinajstić information content (AvgIpc) is 2.76. The van der Waals surface area contributed by atoms with Crippen LogP contribution in [0, 0.1) is 31.4 Å². The van der Waals surface area contributed by atoms with E-state index in [-0.39, 0.29) is 29.7 Å². The number of carboxylic acid groups (broad SMARTS) is 1. The van der Waals surface area contributed by atoms with Crippen molar-refractivity contribution in [3.8, 4) is 0 Å². The lowest BCUT2D eigenvalue weighted by Gasteiger charge is -2.17. The van der Waals surface area contributed by atoms with Gasteiger partial charge >= 0.3 is 5.97 Å². The topological polar surface area (TPSA) is 49.3 Å². The van der Waals surface area contributed by atoms with E-state index >= 15 is 0 Å². The monoisotopic (exact) mass is 255 g/mol. The maximum Gasteiger partial charge on any atom is 0.307 e. The fourth-order valence-electron chi connectivity index (χ4n) is 2.43. The molecule has 0 bridgehead atoms. The van der Waals surface area contributed by atoms with Crippen molar-refractivity contribution >= 4 is 5.97 Å². The van der Waals surface area contributed by atoms with Crippen LogP contribution in [0.15, 0.2) is 6.07 Å². The van der Waals surface area contributed by atoms with E-state index in [2.05, 4.69) is 5.32 Å². The summed E-state index contributed by atoms with van der Waals surface area (Å²) in [4.78, 5) is 10.9. The van der Waals surface area contributed by atoms with Crippen molar-refractivity contribution in [2.45, 2.75) is 26.3 Å². The second-order valence-corrected chi connectivity index (χ2v) is 4.76. The van der Waals surface area contributed by atoms with Crippen LogP contribution in [0.5, 0.6) is 0 Å². The Bertz CT molecular complexity index is 476. The number of hydrogen-bond acceptors (Lipinski definition) is 2. The van der Waals surface area contributed by atoms with Crippen LogP contribution in [-0.4, -0.2) is 17.6 Å². The molecule has 2 N–H and O–H groups in total. The zero-order chi connectivity index (χ0) is 13.4. The average molecular weight is 255 g/mol. The molecule has 0 saturated carbocycles. The summed E-state index contributed by atoms with van der Waals surface area (Å²) < 4.78 is 27.7. The molecule has 1 aromatic rings. The molecule has 0 aliphatic carbocycles. The number of aliphatic carboxylic acids is 1. The van der Waals surface area contributed by atoms with Gasteiger partial charge in [0.25, 0.3) is 0 Å². The van der Waals surface area contributed by atoms with Crippen molar-refractivity contribution in [2.24, 2.45) is 5.92 Å². The Morgan fingerprint density at radius 1 is 1.44 bits per heavy atom. The SMILES string of the molecule is Cc1cc(F)c(C)c(C2CC(C(=O)O)CN2)c1F. The van der Waals surface area contributed by atoms with E-state index in [4.69, 9.17) is 5.11 Å². The van der Waals surface area contributed by atoms with Crippen molar-refractivity contribution in [3.63, 3.8) is 0 Å². The van der Waals surface area contributed by atoms with Crippen LogP contribution in [0.4, 0.5) is 8.78 Å². The molecule has 18 heavy (non-hydrogen) atoms. The molecule has 1 heterocycles. The van der Waals surface area contributed by atoms with Gasteiger partial charge < -0.3 is 10.4 Å². The Kier molecular flexibility index (Phi) is 3.34. The lowest BCUT2D eigenvalue weighted by atomic mass is 9.94. The van der Waals surface area contributed by atoms with Gasteiger partial charge in [-0.05, 0) is 37.5 Å². The second-order valence-electron chi connectivity index (χ2n) is 4.76. The quantitative estimate of drug-likeness (QED) is 0.852. The van der Waals surface area contributed by atoms with Gasteiger partial charge in [0.2, 0.25) is 0 Å². The largest absolute Gasteiger partial charge is 0.481 e. The standard InChI is InChI=1S/C13H15F2NO2/c1-6-3-9(14)7(2)11(12(6)15)10-4-8(5-16-10)13(17)18/h3,8,10,16H,4-5H2,1-2H3,(H,17,18). The summed E-state index contributed by atoms with van der Waals surface area (Å²) >= 11 is 0. The normalized spacial score (nSPS) is 23.3. The van der Waals surface area contributed by atoms with E-state index in [9.17, 15) is 13.6 Å². The van der Waals surface area contributed by atoms with Gasteiger partial charge in [0, 0.05) is 18.2 Å². The first-order valence-electron chi connectivity index (χ1n) is 5.83. The third-order valence-electron chi connectivity index (χ3n) is 3.52. The first-order valence-corrected chi connectivity index (χ1v) is 5.83. The molecular formula is C13H15F2NO2. The zero-order valence-corrected chi connectivity index (χ0v) is 10.3. The van der Waals surface area contributed by atoms with Crippen molar-refractivity contribution in [1.82, 2.24) is 5.32 Å². The molecule has 0 aromatic heterocycles. The van der Waals surface area contributed by atoms with Gasteiger partial charge in [0.1, 0.15) is 11.6 Å². The predicted molar refractivity (Wildman–Crippen MR) is 62.3 cm³/mol. The van der Waals surface area contributed by atoms with Crippen molar-refractivity contribution in [1.29, 1.82) is 0 Å². The molecule has 2 unspecified atom stereocenters. The summed E-state index contributed by atoms with van der Waals surface area (Å²) in [7, 11) is 0. The molecule has 1 aliphatic heterocycles. The fourth-order valence-corrected chi connectivity index (χ4v) is 2.43. The van der Waals surface area contributed by atoms with Gasteiger partial charge in [-0.15, -0.1) is 0 Å². The minimum Gasteiger partial charge on any atom is -0.481 e. The van der Waals surface area contributed by atoms with Crippen LogP contribution < -0.4 is 5.32 Å². The van der Waals surface area contributed by atoms with E-state index < -0.39 is 29.6 Å². The Labute approximate surface area is 104 Å². The van der Waals surface area contributed by atoms with Gasteiger partial charge in [0.15, 0.2) is 0 Å². The third-order valence-corrected chi connectivity index (χ3v) is 3.52. The number of hydrogen-bond donors (Lipinski definition) is 2. The summed E-state index contributed by atoms with van der Waals surface area (Å²) in [5.41, 5.74) is 0.756. The number of carboxylic acids is 1. The number of halogens is 2. The van der Waals surface area contributed by atoms with Gasteiger partial charge in [-0.3, -0.25) is 4.79 Å². The first kappa shape index (κ1) is 13.0. The summed E-state index contributed by atoms with van der Waals surface area (Å²) in [5, 5.41) is 11.9. The summed E-state index contributed by atoms with van der Waals surface area (Å²) in [6.45, 7) is 3.31. The van der Waals surface area contributed by atoms with E-state index in [1.165, 1.54) is 13.8 Å². The number of nitrogens with one attached hydrogen (secondary N) is 1. The highest BCUT2D eigenvalue weighted by atomic mass is 19.1. The van der Waals surface area contributed by atoms with Gasteiger partial charge in [-0.1, -0.05) is 0 Å². The molecule has 5 heteroatoms. The molecule has 1 fully saturated rings. The Balaban J connectivity index is 2.38. The molecule has 3 nitrogen and oxygen atoms in total. The molecule has 1 aromatic carbocycles. The van der Waals surface area contributed by atoms with Gasteiger partial charge in [-0.2, -0.15) is 0 Å². The van der Waals surface area contributed by atoms with Gasteiger partial charge in [0.05, 0.1) is 5.92 Å². The maximum absolute atomic E-state index is 14.1. The summed E-state index contributed by atoms with van der Waals surface area (Å²) in [6.07, 6.45) is 0.288. The second kappa shape index (κ2) is 4.65. The molecule has 0 spiro atoms. The van der Waals surface area contributed by atoms with Crippen LogP contribution >= 0.6 is 0 Å². The van der Waals surface area contributed by atoms with Gasteiger partial charge in [-0.25, -0.2) is 8.78 Å². The van der Waals surface area contributed by atoms with Crippen molar-refractivity contribution in [3.05, 3.63) is 34.4 Å². The number of aryl methyl sites for hydroxylation is 1. The smallest absolute Gasteiger partial charge is 0.307 e. The van der Waals surface area contributed by atoms with E-state index in [1.54, 1.807) is 0 Å². The zero-order valence-electron chi connectivity index (χ0n) is 10.3. The molecular weight excluding hydrogens is 240 g/mol. The lowest BCUT2D eigenvalue weighted by molar-refractivity contribution is -0.141. The predicted octanol–water partition coefficient (Wildman–Crippen LogP) is 2.32. The lowest BCUT2D eigenvalue weighted by Crippen LogP contribution is -2.18. The molecule has 0 radical (unpaired) electrons. The van der Waals surface area contributed by atoms with Crippen LogP contribution in [0.1, 0.15) is 29.2 Å². The number of carbonyl (C=O) groups is 1. The molecule has 1 aliphatic rings. The first-order chi connectivity index (χ1) is 8.41. The number of benzene rings is 1. The molecule has 2 atom stereocenters. The molecule has 0 amide bonds. The molecule has 2 rings (SSSR count). The van der Waals surface area contributed by atoms with Crippen LogP contribution in [0.25, 0.3) is 0 Å². The van der Waals surface area contributed by atoms with Crippen LogP contribution in [0.2, 0.25) is 0 Å². The minimum atomic E-state index is -0.906. The van der Waals surface area contributed by atoms with E-state index in [0.717, 1.165) is 6.07 Å². The molecule has 1 saturated heterocycles. The van der Waals surface area contributed by atoms with Crippen molar-refractivity contribution in [2.75, 3.05) is 6.54 Å². The van der Waals surface area contributed by atoms with E-state index in [1.807, 2.05) is 0 Å². The van der Waals surface area contributed by atoms with Crippen LogP contribution in [-0.2, 0) is 4.79 Å². The molecule has 98 valence electrons. The fraction of sp³-hybridized carbons (Fsp3) is 0.462. The Morgan fingerprint density at radius 3 is 2.67 bits per heavy atom. The maximum atomic E-state index is 14.1. The number of rotatable bonds is 2. The van der Waals surface area contributed by atoms with E-state index in [0.29, 0.717) is 0 Å². The summed E-state index contributed by atoms with van der Waals surface area (Å²) in [6, 6.07) is 0.734. The highest BCUT2D eigenvalue weighted by Gasteiger charge is 2.33. The minimum absolute atomic E-state index is 0.244. The Morgan fingerprint density at radius 2 is 2.11 bits per heavy atom. The third kappa shape index (κ3) is 2.10. The van der Waals surface area contributed by atoms with Crippen molar-refractivity contribution < 1.29 is 18.7 Å². The summed E-state index contributed by atoms with van der Waals surface area (Å²) in [5.74, 6) is -2.35. The highest BCUT2D eigenvalue weighted by molar-refractivity contribution is 5.70.